The van der Waals surface area contributed by atoms with Gasteiger partial charge in [-0.2, -0.15) is 14.7 Å². The van der Waals surface area contributed by atoms with E-state index in [0.29, 0.717) is 10.9 Å². The fraction of sp³-hybridized carbons (Fsp3) is 0.471. The zero-order valence-corrected chi connectivity index (χ0v) is 15.5. The van der Waals surface area contributed by atoms with Crippen molar-refractivity contribution < 1.29 is 0 Å². The van der Waals surface area contributed by atoms with E-state index in [1.54, 1.807) is 4.68 Å². The molecule has 1 fully saturated rings. The van der Waals surface area contributed by atoms with E-state index in [4.69, 9.17) is 16.6 Å². The van der Waals surface area contributed by atoms with Crippen LogP contribution < -0.4 is 10.2 Å². The van der Waals surface area contributed by atoms with Gasteiger partial charge >= 0.3 is 0 Å². The molecule has 0 amide bonds. The van der Waals surface area contributed by atoms with Crippen molar-refractivity contribution in [1.29, 1.82) is 0 Å². The van der Waals surface area contributed by atoms with Gasteiger partial charge in [-0.15, -0.1) is 0 Å². The van der Waals surface area contributed by atoms with E-state index < -0.39 is 0 Å². The number of rotatable bonds is 3. The molecule has 25 heavy (non-hydrogen) atoms. The van der Waals surface area contributed by atoms with Crippen LogP contribution in [0.1, 0.15) is 24.5 Å². The molecular formula is C17H22ClN7. The summed E-state index contributed by atoms with van der Waals surface area (Å²) in [6.07, 6.45) is 7.89. The molecule has 1 N–H and O–H groups in total. The molecule has 8 heteroatoms. The molecule has 0 bridgehead atoms. The molecule has 0 aliphatic carbocycles. The van der Waals surface area contributed by atoms with E-state index in [1.807, 2.05) is 49.1 Å². The average molecular weight is 360 g/mol. The Kier molecular flexibility index (Phi) is 4.13. The molecule has 1 atom stereocenters. The van der Waals surface area contributed by atoms with Gasteiger partial charge in [-0.1, -0.05) is 11.6 Å². The van der Waals surface area contributed by atoms with Crippen LogP contribution in [0.25, 0.3) is 16.8 Å². The standard InChI is InChI=1S/C17H22ClN7/c1-23(2)17-14(18)15(11-5-4-6-19-7-11)22-16-13(9-21-25(16)17)12-8-20-24(3)10-12/h8-11,19H,4-7H2,1-3H3. The van der Waals surface area contributed by atoms with Crippen LogP contribution in [0.3, 0.4) is 0 Å². The molecule has 4 rings (SSSR count). The third-order valence-electron chi connectivity index (χ3n) is 4.72. The van der Waals surface area contributed by atoms with Gasteiger partial charge in [0.2, 0.25) is 0 Å². The Morgan fingerprint density at radius 1 is 1.28 bits per heavy atom. The number of halogens is 1. The lowest BCUT2D eigenvalue weighted by molar-refractivity contribution is 0.455. The van der Waals surface area contributed by atoms with Gasteiger partial charge in [0.1, 0.15) is 5.02 Å². The monoisotopic (exact) mass is 359 g/mol. The summed E-state index contributed by atoms with van der Waals surface area (Å²) in [6, 6.07) is 0. The summed E-state index contributed by atoms with van der Waals surface area (Å²) in [4.78, 5) is 6.95. The highest BCUT2D eigenvalue weighted by atomic mass is 35.5. The summed E-state index contributed by atoms with van der Waals surface area (Å²) in [5, 5.41) is 13.0. The van der Waals surface area contributed by atoms with Crippen LogP contribution in [0, 0.1) is 0 Å². The Balaban J connectivity index is 1.94. The van der Waals surface area contributed by atoms with E-state index >= 15 is 0 Å². The molecule has 0 saturated carbocycles. The van der Waals surface area contributed by atoms with Crippen molar-refractivity contribution in [2.45, 2.75) is 18.8 Å². The smallest absolute Gasteiger partial charge is 0.165 e. The second-order valence-electron chi connectivity index (χ2n) is 6.77. The fourth-order valence-corrected chi connectivity index (χ4v) is 3.93. The number of fused-ring (bicyclic) bond motifs is 1. The number of nitrogens with zero attached hydrogens (tertiary/aromatic N) is 6. The third-order valence-corrected chi connectivity index (χ3v) is 5.08. The van der Waals surface area contributed by atoms with E-state index in [9.17, 15) is 0 Å². The first kappa shape index (κ1) is 16.4. The van der Waals surface area contributed by atoms with Gasteiger partial charge in [0.25, 0.3) is 0 Å². The topological polar surface area (TPSA) is 63.3 Å². The maximum Gasteiger partial charge on any atom is 0.165 e. The Morgan fingerprint density at radius 2 is 2.12 bits per heavy atom. The van der Waals surface area contributed by atoms with Crippen LogP contribution in [0.2, 0.25) is 5.02 Å². The average Bonchev–Trinajstić information content (AvgIpc) is 3.20. The summed E-state index contributed by atoms with van der Waals surface area (Å²) >= 11 is 6.77. The molecule has 0 radical (unpaired) electrons. The summed E-state index contributed by atoms with van der Waals surface area (Å²) in [7, 11) is 5.87. The number of hydrogen-bond donors (Lipinski definition) is 1. The molecule has 132 valence electrons. The normalized spacial score (nSPS) is 18.0. The van der Waals surface area contributed by atoms with Gasteiger partial charge in [-0.3, -0.25) is 4.68 Å². The van der Waals surface area contributed by atoms with Crippen LogP contribution in [0.5, 0.6) is 0 Å². The van der Waals surface area contributed by atoms with Crippen LogP contribution in [0.15, 0.2) is 18.6 Å². The van der Waals surface area contributed by atoms with Gasteiger partial charge in [0, 0.05) is 50.9 Å². The minimum absolute atomic E-state index is 0.321. The lowest BCUT2D eigenvalue weighted by Crippen LogP contribution is -2.29. The van der Waals surface area contributed by atoms with Crippen molar-refractivity contribution in [3.05, 3.63) is 29.3 Å². The van der Waals surface area contributed by atoms with Gasteiger partial charge < -0.3 is 10.2 Å². The Bertz CT molecular complexity index is 905. The second-order valence-corrected chi connectivity index (χ2v) is 7.15. The Hall–Kier alpha value is -2.12. The van der Waals surface area contributed by atoms with E-state index in [2.05, 4.69) is 15.5 Å². The quantitative estimate of drug-likeness (QED) is 0.777. The molecule has 1 aliphatic heterocycles. The predicted molar refractivity (Wildman–Crippen MR) is 99.4 cm³/mol. The van der Waals surface area contributed by atoms with E-state index in [0.717, 1.165) is 54.2 Å². The van der Waals surface area contributed by atoms with E-state index in [-0.39, 0.29) is 0 Å². The summed E-state index contributed by atoms with van der Waals surface area (Å²) < 4.78 is 3.61. The summed E-state index contributed by atoms with van der Waals surface area (Å²) in [5.74, 6) is 1.18. The molecule has 0 aromatic carbocycles. The molecule has 1 saturated heterocycles. The predicted octanol–water partition coefficient (Wildman–Crippen LogP) is 2.32. The maximum atomic E-state index is 6.77. The van der Waals surface area contributed by atoms with Crippen LogP contribution in [-0.2, 0) is 7.05 Å². The van der Waals surface area contributed by atoms with Crippen molar-refractivity contribution in [2.75, 3.05) is 32.1 Å². The number of aryl methyl sites for hydroxylation is 1. The molecule has 1 unspecified atom stereocenters. The largest absolute Gasteiger partial charge is 0.361 e. The molecule has 7 nitrogen and oxygen atoms in total. The second kappa shape index (κ2) is 6.31. The highest BCUT2D eigenvalue weighted by molar-refractivity contribution is 6.33. The summed E-state index contributed by atoms with van der Waals surface area (Å²) in [5.41, 5.74) is 3.75. The van der Waals surface area contributed by atoms with Gasteiger partial charge in [0.15, 0.2) is 11.5 Å². The first-order chi connectivity index (χ1) is 12.1. The Labute approximate surface area is 151 Å². The van der Waals surface area contributed by atoms with Crippen molar-refractivity contribution in [3.8, 4) is 11.1 Å². The number of aromatic nitrogens is 5. The number of hydrogen-bond acceptors (Lipinski definition) is 5. The first-order valence-corrected chi connectivity index (χ1v) is 8.88. The molecule has 1 aliphatic rings. The lowest BCUT2D eigenvalue weighted by atomic mass is 9.95. The molecular weight excluding hydrogens is 338 g/mol. The minimum Gasteiger partial charge on any atom is -0.361 e. The van der Waals surface area contributed by atoms with Crippen LogP contribution in [-0.4, -0.2) is 51.6 Å². The number of nitrogens with one attached hydrogen (secondary N) is 1. The van der Waals surface area contributed by atoms with Crippen LogP contribution in [0.4, 0.5) is 5.82 Å². The van der Waals surface area contributed by atoms with Gasteiger partial charge in [-0.25, -0.2) is 4.98 Å². The van der Waals surface area contributed by atoms with Crippen molar-refractivity contribution in [3.63, 3.8) is 0 Å². The maximum absolute atomic E-state index is 6.77. The summed E-state index contributed by atoms with van der Waals surface area (Å²) in [6.45, 7) is 1.97. The van der Waals surface area contributed by atoms with Crippen LogP contribution >= 0.6 is 11.6 Å². The SMILES string of the molecule is CN(C)c1c(Cl)c(C2CCCNC2)nc2c(-c3cnn(C)c3)cnn12. The first-order valence-electron chi connectivity index (χ1n) is 8.50. The highest BCUT2D eigenvalue weighted by Gasteiger charge is 2.25. The molecule has 3 aromatic heterocycles. The lowest BCUT2D eigenvalue weighted by Gasteiger charge is -2.25. The zero-order chi connectivity index (χ0) is 17.6. The van der Waals surface area contributed by atoms with Crippen molar-refractivity contribution >= 4 is 23.1 Å². The molecule has 4 heterocycles. The third kappa shape index (κ3) is 2.77. The highest BCUT2D eigenvalue weighted by Crippen LogP contribution is 2.36. The molecule has 3 aromatic rings. The molecule has 0 spiro atoms. The Morgan fingerprint density at radius 3 is 2.76 bits per heavy atom. The minimum atomic E-state index is 0.321. The zero-order valence-electron chi connectivity index (χ0n) is 14.7. The van der Waals surface area contributed by atoms with E-state index in [1.165, 1.54) is 0 Å². The fourth-order valence-electron chi connectivity index (χ4n) is 3.48. The van der Waals surface area contributed by atoms with Crippen molar-refractivity contribution in [1.82, 2.24) is 29.7 Å². The van der Waals surface area contributed by atoms with Gasteiger partial charge in [0.05, 0.1) is 18.1 Å². The van der Waals surface area contributed by atoms with Gasteiger partial charge in [-0.05, 0) is 19.4 Å². The number of anilines is 1. The van der Waals surface area contributed by atoms with Crippen molar-refractivity contribution in [2.24, 2.45) is 7.05 Å². The number of piperidine rings is 1.